The zero-order chi connectivity index (χ0) is 19.9. The van der Waals surface area contributed by atoms with Gasteiger partial charge in [-0.05, 0) is 36.6 Å². The quantitative estimate of drug-likeness (QED) is 0.651. The van der Waals surface area contributed by atoms with Crippen LogP contribution in [0, 0.1) is 0 Å². The van der Waals surface area contributed by atoms with Gasteiger partial charge in [-0.15, -0.1) is 0 Å². The van der Waals surface area contributed by atoms with Crippen LogP contribution in [-0.2, 0) is 22.7 Å². The predicted molar refractivity (Wildman–Crippen MR) is 95.5 cm³/mol. The van der Waals surface area contributed by atoms with Gasteiger partial charge in [0.25, 0.3) is 11.8 Å². The van der Waals surface area contributed by atoms with Gasteiger partial charge < -0.3 is 15.5 Å². The number of rotatable bonds is 4. The minimum Gasteiger partial charge on any atom is -0.322 e. The number of alkyl halides is 2. The van der Waals surface area contributed by atoms with Crippen LogP contribution < -0.4 is 16.0 Å². The van der Waals surface area contributed by atoms with Gasteiger partial charge in [-0.1, -0.05) is 12.1 Å². The maximum absolute atomic E-state index is 13.9. The van der Waals surface area contributed by atoms with Gasteiger partial charge >= 0.3 is 0 Å². The summed E-state index contributed by atoms with van der Waals surface area (Å²) in [6, 6.07) is 3.75. The number of carbonyl (C=O) groups excluding carboxylic acids is 3. The molecule has 1 aromatic carbocycles. The number of amides is 3. The molecule has 0 aliphatic carbocycles. The number of carbonyl (C=O) groups is 3. The zero-order valence-electron chi connectivity index (χ0n) is 15.3. The number of hydrogen-bond donors (Lipinski definition) is 3. The molecule has 0 bridgehead atoms. The summed E-state index contributed by atoms with van der Waals surface area (Å²) in [7, 11) is 0. The normalized spacial score (nSPS) is 26.9. The first kappa shape index (κ1) is 18.9. The lowest BCUT2D eigenvalue weighted by Crippen LogP contribution is -2.55. The molecule has 3 aliphatic heterocycles. The van der Waals surface area contributed by atoms with Crippen molar-refractivity contribution in [3.63, 3.8) is 0 Å². The molecule has 3 amide bonds. The largest absolute Gasteiger partial charge is 0.322 e. The molecule has 0 radical (unpaired) electrons. The highest BCUT2D eigenvalue weighted by atomic mass is 19.3. The first-order valence-corrected chi connectivity index (χ1v) is 9.43. The number of hydrogen-bond acceptors (Lipinski definition) is 5. The standard InChI is InChI=1S/C19H22F2N4O3/c20-19(21)10-22-6-5-15(19)23-8-11-1-2-12-9-25(18(28)13(12)7-11)14-3-4-16(26)24-17(14)27/h1-2,7,14-15,22-23H,3-6,8-10H2,(H,24,26,27). The van der Waals surface area contributed by atoms with Gasteiger partial charge in [0, 0.05) is 25.1 Å². The summed E-state index contributed by atoms with van der Waals surface area (Å²) in [4.78, 5) is 37.7. The van der Waals surface area contributed by atoms with Crippen molar-refractivity contribution in [2.24, 2.45) is 0 Å². The molecule has 2 saturated heterocycles. The molecule has 0 spiro atoms. The van der Waals surface area contributed by atoms with Crippen molar-refractivity contribution in [2.75, 3.05) is 13.1 Å². The number of nitrogens with zero attached hydrogens (tertiary/aromatic N) is 1. The molecule has 2 atom stereocenters. The molecule has 28 heavy (non-hydrogen) atoms. The summed E-state index contributed by atoms with van der Waals surface area (Å²) in [5.41, 5.74) is 2.03. The summed E-state index contributed by atoms with van der Waals surface area (Å²) < 4.78 is 27.9. The van der Waals surface area contributed by atoms with Crippen LogP contribution in [0.3, 0.4) is 0 Å². The van der Waals surface area contributed by atoms with Gasteiger partial charge in [0.2, 0.25) is 11.8 Å². The van der Waals surface area contributed by atoms with Gasteiger partial charge in [0.05, 0.1) is 12.6 Å². The molecule has 3 aliphatic rings. The maximum Gasteiger partial charge on any atom is 0.275 e. The fourth-order valence-electron chi connectivity index (χ4n) is 4.04. The summed E-state index contributed by atoms with van der Waals surface area (Å²) in [5, 5.41) is 7.87. The SMILES string of the molecule is O=C1CCC(N2Cc3ccc(CNC4CCNCC4(F)F)cc3C2=O)C(=O)N1. The highest BCUT2D eigenvalue weighted by molar-refractivity contribution is 6.05. The van der Waals surface area contributed by atoms with Crippen LogP contribution in [0.1, 0.15) is 40.7 Å². The van der Waals surface area contributed by atoms with E-state index in [4.69, 9.17) is 0 Å². The third-order valence-electron chi connectivity index (χ3n) is 5.63. The minimum absolute atomic E-state index is 0.205. The van der Waals surface area contributed by atoms with E-state index in [1.54, 1.807) is 12.1 Å². The Balaban J connectivity index is 1.44. The van der Waals surface area contributed by atoms with Crippen LogP contribution in [-0.4, -0.2) is 53.7 Å². The van der Waals surface area contributed by atoms with Gasteiger partial charge in [0.15, 0.2) is 0 Å². The Bertz CT molecular complexity index is 829. The number of halogens is 2. The highest BCUT2D eigenvalue weighted by Crippen LogP contribution is 2.29. The summed E-state index contributed by atoms with van der Waals surface area (Å²) in [6.45, 7) is 0.741. The van der Waals surface area contributed by atoms with Crippen LogP contribution in [0.25, 0.3) is 0 Å². The Morgan fingerprint density at radius 1 is 1.21 bits per heavy atom. The Morgan fingerprint density at radius 2 is 2.04 bits per heavy atom. The average molecular weight is 392 g/mol. The molecule has 3 N–H and O–H groups in total. The first-order chi connectivity index (χ1) is 13.3. The van der Waals surface area contributed by atoms with Crippen molar-refractivity contribution in [1.29, 1.82) is 0 Å². The molecule has 0 saturated carbocycles. The van der Waals surface area contributed by atoms with Crippen LogP contribution in [0.2, 0.25) is 0 Å². The van der Waals surface area contributed by atoms with Crippen molar-refractivity contribution in [2.45, 2.75) is 50.4 Å². The molecule has 4 rings (SSSR count). The van der Waals surface area contributed by atoms with Gasteiger partial charge in [-0.3, -0.25) is 19.7 Å². The van der Waals surface area contributed by atoms with Crippen LogP contribution >= 0.6 is 0 Å². The van der Waals surface area contributed by atoms with Crippen LogP contribution in [0.15, 0.2) is 18.2 Å². The molecular formula is C19H22F2N4O3. The van der Waals surface area contributed by atoms with E-state index in [-0.39, 0.29) is 31.3 Å². The number of benzene rings is 1. The van der Waals surface area contributed by atoms with Crippen LogP contribution in [0.5, 0.6) is 0 Å². The van der Waals surface area contributed by atoms with E-state index >= 15 is 0 Å². The molecule has 2 fully saturated rings. The topological polar surface area (TPSA) is 90.5 Å². The van der Waals surface area contributed by atoms with Crippen molar-refractivity contribution < 1.29 is 23.2 Å². The van der Waals surface area contributed by atoms with Gasteiger partial charge in [-0.25, -0.2) is 8.78 Å². The summed E-state index contributed by atoms with van der Waals surface area (Å²) >= 11 is 0. The van der Waals surface area contributed by atoms with E-state index in [0.717, 1.165) is 11.1 Å². The Labute approximate surface area is 160 Å². The lowest BCUT2D eigenvalue weighted by atomic mass is 10.0. The molecule has 150 valence electrons. The minimum atomic E-state index is -2.81. The number of imide groups is 1. The van der Waals surface area contributed by atoms with Gasteiger partial charge in [-0.2, -0.15) is 0 Å². The second kappa shape index (κ2) is 7.21. The third-order valence-corrected chi connectivity index (χ3v) is 5.63. The zero-order valence-corrected chi connectivity index (χ0v) is 15.3. The number of fused-ring (bicyclic) bond motifs is 1. The van der Waals surface area contributed by atoms with E-state index in [1.807, 2.05) is 6.07 Å². The van der Waals surface area contributed by atoms with E-state index in [2.05, 4.69) is 16.0 Å². The second-order valence-corrected chi connectivity index (χ2v) is 7.55. The molecule has 1 aromatic rings. The predicted octanol–water partition coefficient (Wildman–Crippen LogP) is 0.534. The van der Waals surface area contributed by atoms with E-state index in [1.165, 1.54) is 4.90 Å². The number of piperidine rings is 2. The van der Waals surface area contributed by atoms with Crippen molar-refractivity contribution in [3.8, 4) is 0 Å². The average Bonchev–Trinajstić information content (AvgIpc) is 2.97. The Hall–Kier alpha value is -2.39. The third kappa shape index (κ3) is 3.51. The fraction of sp³-hybridized carbons (Fsp3) is 0.526. The smallest absolute Gasteiger partial charge is 0.275 e. The van der Waals surface area contributed by atoms with Crippen molar-refractivity contribution in [1.82, 2.24) is 20.9 Å². The second-order valence-electron chi connectivity index (χ2n) is 7.55. The van der Waals surface area contributed by atoms with E-state index < -0.39 is 23.9 Å². The molecule has 9 heteroatoms. The summed E-state index contributed by atoms with van der Waals surface area (Å²) in [6.07, 6.45) is 0.847. The Morgan fingerprint density at radius 3 is 2.79 bits per heavy atom. The highest BCUT2D eigenvalue weighted by Gasteiger charge is 2.41. The Kier molecular flexibility index (Phi) is 4.88. The summed E-state index contributed by atoms with van der Waals surface area (Å²) in [5.74, 6) is -3.85. The molecule has 3 heterocycles. The van der Waals surface area contributed by atoms with E-state index in [0.29, 0.717) is 31.5 Å². The maximum atomic E-state index is 13.9. The molecule has 7 nitrogen and oxygen atoms in total. The van der Waals surface area contributed by atoms with Crippen molar-refractivity contribution in [3.05, 3.63) is 34.9 Å². The van der Waals surface area contributed by atoms with Crippen LogP contribution in [0.4, 0.5) is 8.78 Å². The molecule has 2 unspecified atom stereocenters. The lowest BCUT2D eigenvalue weighted by Gasteiger charge is -2.32. The van der Waals surface area contributed by atoms with Crippen molar-refractivity contribution >= 4 is 17.7 Å². The monoisotopic (exact) mass is 392 g/mol. The number of nitrogens with one attached hydrogen (secondary N) is 3. The molecular weight excluding hydrogens is 370 g/mol. The van der Waals surface area contributed by atoms with E-state index in [9.17, 15) is 23.2 Å². The molecule has 0 aromatic heterocycles. The fourth-order valence-corrected chi connectivity index (χ4v) is 4.04. The van der Waals surface area contributed by atoms with Gasteiger partial charge in [0.1, 0.15) is 6.04 Å². The first-order valence-electron chi connectivity index (χ1n) is 9.43. The lowest BCUT2D eigenvalue weighted by molar-refractivity contribution is -0.136.